The lowest BCUT2D eigenvalue weighted by molar-refractivity contribution is -0.121. The van der Waals surface area contributed by atoms with Gasteiger partial charge in [-0.1, -0.05) is 42.1 Å². The van der Waals surface area contributed by atoms with Gasteiger partial charge in [0, 0.05) is 12.0 Å². The van der Waals surface area contributed by atoms with E-state index >= 15 is 0 Å². The number of aliphatic imine (C=N–C) groups is 1. The van der Waals surface area contributed by atoms with Crippen LogP contribution in [0, 0.1) is 0 Å². The second kappa shape index (κ2) is 4.31. The van der Waals surface area contributed by atoms with Crippen LogP contribution in [-0.4, -0.2) is 29.1 Å². The molecule has 1 spiro atoms. The Bertz CT molecular complexity index is 638. The fourth-order valence-electron chi connectivity index (χ4n) is 2.30. The third kappa shape index (κ3) is 1.64. The quantitative estimate of drug-likeness (QED) is 0.735. The van der Waals surface area contributed by atoms with E-state index in [2.05, 4.69) is 4.99 Å². The van der Waals surface area contributed by atoms with Crippen molar-refractivity contribution in [1.29, 1.82) is 0 Å². The van der Waals surface area contributed by atoms with Gasteiger partial charge in [0.05, 0.1) is 5.71 Å². The molecular weight excluding hydrogens is 258 g/mol. The van der Waals surface area contributed by atoms with E-state index < -0.39 is 4.75 Å². The van der Waals surface area contributed by atoms with E-state index in [1.165, 1.54) is 23.9 Å². The summed E-state index contributed by atoms with van der Waals surface area (Å²) in [4.78, 5) is 29.3. The van der Waals surface area contributed by atoms with Crippen molar-refractivity contribution in [2.24, 2.45) is 4.99 Å². The van der Waals surface area contributed by atoms with Gasteiger partial charge in [-0.25, -0.2) is 0 Å². The van der Waals surface area contributed by atoms with Crippen LogP contribution in [0.5, 0.6) is 0 Å². The molecule has 2 aliphatic rings. The Labute approximate surface area is 115 Å². The summed E-state index contributed by atoms with van der Waals surface area (Å²) in [6, 6.07) is 9.72. The van der Waals surface area contributed by atoms with Crippen molar-refractivity contribution < 1.29 is 9.59 Å². The lowest BCUT2D eigenvalue weighted by Gasteiger charge is -2.19. The molecule has 1 aliphatic carbocycles. The Kier molecular flexibility index (Phi) is 2.75. The van der Waals surface area contributed by atoms with Crippen molar-refractivity contribution >= 4 is 33.9 Å². The maximum atomic E-state index is 12.1. The van der Waals surface area contributed by atoms with E-state index in [1.807, 2.05) is 36.4 Å². The molecule has 0 fully saturated rings. The molecule has 19 heavy (non-hydrogen) atoms. The highest BCUT2D eigenvalue weighted by Crippen LogP contribution is 2.48. The molecule has 0 unspecified atom stereocenters. The van der Waals surface area contributed by atoms with Crippen molar-refractivity contribution in [3.63, 3.8) is 0 Å². The number of thioether (sulfide) groups is 1. The molecule has 1 aromatic carbocycles. The number of carbonyl (C=O) groups excluding carboxylic acids is 2. The first-order chi connectivity index (χ1) is 9.18. The van der Waals surface area contributed by atoms with Crippen LogP contribution in [0.4, 0.5) is 0 Å². The molecule has 1 aromatic rings. The van der Waals surface area contributed by atoms with Crippen molar-refractivity contribution in [2.45, 2.75) is 4.75 Å². The Morgan fingerprint density at radius 2 is 1.68 bits per heavy atom. The maximum Gasteiger partial charge on any atom is 0.186 e. The van der Waals surface area contributed by atoms with Crippen LogP contribution in [0.3, 0.4) is 0 Å². The zero-order chi connectivity index (χ0) is 13.5. The number of allylic oxidation sites excluding steroid dienone is 3. The van der Waals surface area contributed by atoms with Crippen LogP contribution in [0.2, 0.25) is 0 Å². The van der Waals surface area contributed by atoms with E-state index in [-0.39, 0.29) is 11.6 Å². The lowest BCUT2D eigenvalue weighted by atomic mass is 9.97. The predicted molar refractivity (Wildman–Crippen MR) is 77.3 cm³/mol. The minimum atomic E-state index is -1.17. The minimum Gasteiger partial charge on any atom is -0.292 e. The number of ketones is 2. The first-order valence-corrected chi connectivity index (χ1v) is 6.70. The standard InChI is InChI=1S/C15H11NO2S/c1-16-12-9-11(10-5-3-2-4-6-10)19-15(12)13(17)7-8-14(15)18/h2-9H,1H3. The highest BCUT2D eigenvalue weighted by molar-refractivity contribution is 8.12. The monoisotopic (exact) mass is 269 g/mol. The molecule has 4 heteroatoms. The van der Waals surface area contributed by atoms with E-state index in [0.717, 1.165) is 10.5 Å². The van der Waals surface area contributed by atoms with Gasteiger partial charge < -0.3 is 0 Å². The molecule has 0 N–H and O–H groups in total. The van der Waals surface area contributed by atoms with Gasteiger partial charge in [0.2, 0.25) is 0 Å². The summed E-state index contributed by atoms with van der Waals surface area (Å²) in [6.07, 6.45) is 4.54. The summed E-state index contributed by atoms with van der Waals surface area (Å²) in [5.74, 6) is -0.379. The highest BCUT2D eigenvalue weighted by atomic mass is 32.2. The van der Waals surface area contributed by atoms with Crippen LogP contribution in [0.1, 0.15) is 5.56 Å². The fourth-order valence-corrected chi connectivity index (χ4v) is 3.65. The second-order valence-corrected chi connectivity index (χ2v) is 5.58. The topological polar surface area (TPSA) is 46.5 Å². The smallest absolute Gasteiger partial charge is 0.186 e. The van der Waals surface area contributed by atoms with Gasteiger partial charge in [-0.2, -0.15) is 0 Å². The number of hydrogen-bond donors (Lipinski definition) is 0. The number of benzene rings is 1. The summed E-state index contributed by atoms with van der Waals surface area (Å²) in [5, 5.41) is 0. The zero-order valence-corrected chi connectivity index (χ0v) is 11.1. The van der Waals surface area contributed by atoms with Gasteiger partial charge in [-0.05, 0) is 23.8 Å². The van der Waals surface area contributed by atoms with Gasteiger partial charge >= 0.3 is 0 Å². The van der Waals surface area contributed by atoms with Crippen LogP contribution >= 0.6 is 11.8 Å². The van der Waals surface area contributed by atoms with Gasteiger partial charge in [0.15, 0.2) is 16.3 Å². The van der Waals surface area contributed by atoms with E-state index in [1.54, 1.807) is 7.05 Å². The zero-order valence-electron chi connectivity index (χ0n) is 10.3. The predicted octanol–water partition coefficient (Wildman–Crippen LogP) is 2.29. The van der Waals surface area contributed by atoms with Crippen LogP contribution < -0.4 is 0 Å². The number of hydrogen-bond acceptors (Lipinski definition) is 4. The Morgan fingerprint density at radius 1 is 1.05 bits per heavy atom. The lowest BCUT2D eigenvalue weighted by Crippen LogP contribution is -2.43. The average molecular weight is 269 g/mol. The van der Waals surface area contributed by atoms with Crippen molar-refractivity contribution in [2.75, 3.05) is 7.05 Å². The van der Waals surface area contributed by atoms with Gasteiger partial charge in [0.1, 0.15) is 0 Å². The van der Waals surface area contributed by atoms with Crippen molar-refractivity contribution in [1.82, 2.24) is 0 Å². The van der Waals surface area contributed by atoms with E-state index in [4.69, 9.17) is 0 Å². The Balaban J connectivity index is 2.07. The molecule has 0 aromatic heterocycles. The molecule has 0 radical (unpaired) electrons. The molecule has 1 heterocycles. The van der Waals surface area contributed by atoms with Crippen molar-refractivity contribution in [3.8, 4) is 0 Å². The average Bonchev–Trinajstić information content (AvgIpc) is 2.97. The Hall–Kier alpha value is -1.94. The molecule has 3 nitrogen and oxygen atoms in total. The van der Waals surface area contributed by atoms with Gasteiger partial charge in [0.25, 0.3) is 0 Å². The summed E-state index contributed by atoms with van der Waals surface area (Å²) in [7, 11) is 1.61. The third-order valence-corrected chi connectivity index (χ3v) is 4.76. The first-order valence-electron chi connectivity index (χ1n) is 5.89. The summed E-state index contributed by atoms with van der Waals surface area (Å²) in [6.45, 7) is 0. The largest absolute Gasteiger partial charge is 0.292 e. The summed E-state index contributed by atoms with van der Waals surface area (Å²) < 4.78 is -1.17. The number of nitrogens with zero attached hydrogens (tertiary/aromatic N) is 1. The molecule has 0 atom stereocenters. The van der Waals surface area contributed by atoms with E-state index in [0.29, 0.717) is 5.71 Å². The van der Waals surface area contributed by atoms with Crippen LogP contribution in [0.15, 0.2) is 53.6 Å². The van der Waals surface area contributed by atoms with Crippen molar-refractivity contribution in [3.05, 3.63) is 54.1 Å². The summed E-state index contributed by atoms with van der Waals surface area (Å²) >= 11 is 1.29. The number of rotatable bonds is 1. The maximum absolute atomic E-state index is 12.1. The molecule has 3 rings (SSSR count). The molecule has 0 amide bonds. The normalized spacial score (nSPS) is 22.6. The molecule has 1 aliphatic heterocycles. The molecule has 94 valence electrons. The molecule has 0 saturated heterocycles. The minimum absolute atomic E-state index is 0.190. The highest BCUT2D eigenvalue weighted by Gasteiger charge is 2.54. The third-order valence-electron chi connectivity index (χ3n) is 3.27. The summed E-state index contributed by atoms with van der Waals surface area (Å²) in [5.41, 5.74) is 1.54. The SMILES string of the molecule is CN=C1C=C(c2ccccc2)SC12C(=O)C=CC2=O. The van der Waals surface area contributed by atoms with E-state index in [9.17, 15) is 9.59 Å². The molecule has 0 saturated carbocycles. The molecular formula is C15H11NO2S. The molecule has 0 bridgehead atoms. The van der Waals surface area contributed by atoms with Crippen LogP contribution in [0.25, 0.3) is 4.91 Å². The first kappa shape index (κ1) is 12.1. The fraction of sp³-hybridized carbons (Fsp3) is 0.133. The van der Waals surface area contributed by atoms with Crippen LogP contribution in [-0.2, 0) is 9.59 Å². The Morgan fingerprint density at radius 3 is 2.26 bits per heavy atom. The van der Waals surface area contributed by atoms with Gasteiger partial charge in [-0.15, -0.1) is 0 Å². The second-order valence-electron chi connectivity index (χ2n) is 4.33. The van der Waals surface area contributed by atoms with Gasteiger partial charge in [-0.3, -0.25) is 14.6 Å². The number of carbonyl (C=O) groups is 2.